The van der Waals surface area contributed by atoms with Gasteiger partial charge in [0.25, 0.3) is 0 Å². The molecular formula is C17H27BrN2. The molecule has 1 fully saturated rings. The van der Waals surface area contributed by atoms with Gasteiger partial charge in [0.15, 0.2) is 0 Å². The number of halogens is 1. The maximum Gasteiger partial charge on any atom is 0.0513 e. The largest absolute Gasteiger partial charge is 0.368 e. The smallest absolute Gasteiger partial charge is 0.0513 e. The summed E-state index contributed by atoms with van der Waals surface area (Å²) in [5, 5.41) is 3.47. The zero-order valence-electron chi connectivity index (χ0n) is 13.1. The molecule has 1 saturated heterocycles. The lowest BCUT2D eigenvalue weighted by Gasteiger charge is -2.40. The molecule has 2 rings (SSSR count). The lowest BCUT2D eigenvalue weighted by molar-refractivity contribution is 0.363. The molecule has 1 aromatic carbocycles. The van der Waals surface area contributed by atoms with Crippen LogP contribution in [-0.4, -0.2) is 19.1 Å². The average Bonchev–Trinajstić information content (AvgIpc) is 2.42. The molecule has 1 N–H and O–H groups in total. The van der Waals surface area contributed by atoms with Gasteiger partial charge in [0, 0.05) is 23.1 Å². The number of nitrogens with zero attached hydrogens (tertiary/aromatic N) is 1. The summed E-state index contributed by atoms with van der Waals surface area (Å²) in [4.78, 5) is 2.56. The predicted octanol–water partition coefficient (Wildman–Crippen LogP) is 4.74. The molecular weight excluding hydrogens is 312 g/mol. The first-order chi connectivity index (χ1) is 9.54. The lowest BCUT2D eigenvalue weighted by atomic mass is 9.91. The Morgan fingerprint density at radius 2 is 2.15 bits per heavy atom. The van der Waals surface area contributed by atoms with Crippen LogP contribution in [0.2, 0.25) is 0 Å². The third-order valence-corrected chi connectivity index (χ3v) is 5.30. The van der Waals surface area contributed by atoms with Crippen LogP contribution in [-0.2, 0) is 0 Å². The van der Waals surface area contributed by atoms with Crippen molar-refractivity contribution in [3.05, 3.63) is 28.2 Å². The van der Waals surface area contributed by atoms with Crippen molar-refractivity contribution in [1.82, 2.24) is 5.32 Å². The summed E-state index contributed by atoms with van der Waals surface area (Å²) in [5.41, 5.74) is 2.69. The first kappa shape index (κ1) is 15.8. The lowest BCUT2D eigenvalue weighted by Crippen LogP contribution is -2.42. The molecule has 1 heterocycles. The quantitative estimate of drug-likeness (QED) is 0.852. The van der Waals surface area contributed by atoms with Crippen LogP contribution in [0.5, 0.6) is 0 Å². The summed E-state index contributed by atoms with van der Waals surface area (Å²) in [5.74, 6) is 0.774. The van der Waals surface area contributed by atoms with Crippen molar-refractivity contribution in [1.29, 1.82) is 0 Å². The van der Waals surface area contributed by atoms with Gasteiger partial charge in [0.1, 0.15) is 0 Å². The van der Waals surface area contributed by atoms with Gasteiger partial charge >= 0.3 is 0 Å². The molecule has 3 heteroatoms. The molecule has 0 spiro atoms. The Balaban J connectivity index is 2.21. The van der Waals surface area contributed by atoms with Crippen LogP contribution in [0.3, 0.4) is 0 Å². The fourth-order valence-corrected chi connectivity index (χ4v) is 3.75. The van der Waals surface area contributed by atoms with Crippen LogP contribution in [0.25, 0.3) is 0 Å². The molecule has 1 aliphatic rings. The van der Waals surface area contributed by atoms with Crippen molar-refractivity contribution in [2.24, 2.45) is 5.92 Å². The number of hydrogen-bond donors (Lipinski definition) is 1. The van der Waals surface area contributed by atoms with Gasteiger partial charge in [0.2, 0.25) is 0 Å². The Morgan fingerprint density at radius 3 is 2.80 bits per heavy atom. The van der Waals surface area contributed by atoms with E-state index in [4.69, 9.17) is 0 Å². The third kappa shape index (κ3) is 3.37. The first-order valence-electron chi connectivity index (χ1n) is 7.84. The second kappa shape index (κ2) is 6.95. The van der Waals surface area contributed by atoms with E-state index in [-0.39, 0.29) is 0 Å². The van der Waals surface area contributed by atoms with E-state index in [9.17, 15) is 0 Å². The Bertz CT molecular complexity index is 447. The molecule has 112 valence electrons. The van der Waals surface area contributed by atoms with Gasteiger partial charge in [-0.25, -0.2) is 0 Å². The molecule has 20 heavy (non-hydrogen) atoms. The van der Waals surface area contributed by atoms with Crippen LogP contribution in [0.1, 0.15) is 52.1 Å². The molecule has 0 aromatic heterocycles. The summed E-state index contributed by atoms with van der Waals surface area (Å²) in [7, 11) is 0. The Morgan fingerprint density at radius 1 is 1.40 bits per heavy atom. The van der Waals surface area contributed by atoms with Crippen LogP contribution in [0.15, 0.2) is 22.7 Å². The van der Waals surface area contributed by atoms with Gasteiger partial charge in [0.05, 0.1) is 5.69 Å². The van der Waals surface area contributed by atoms with Crippen molar-refractivity contribution in [2.75, 3.05) is 18.0 Å². The van der Waals surface area contributed by atoms with E-state index in [1.165, 1.54) is 35.1 Å². The normalized spacial score (nSPS) is 24.8. The predicted molar refractivity (Wildman–Crippen MR) is 91.4 cm³/mol. The topological polar surface area (TPSA) is 15.3 Å². The number of benzene rings is 1. The van der Waals surface area contributed by atoms with Crippen molar-refractivity contribution in [3.63, 3.8) is 0 Å². The van der Waals surface area contributed by atoms with E-state index in [1.807, 2.05) is 0 Å². The fraction of sp³-hybridized carbons (Fsp3) is 0.647. The van der Waals surface area contributed by atoms with Gasteiger partial charge in [-0.1, -0.05) is 19.9 Å². The minimum Gasteiger partial charge on any atom is -0.368 e. The summed E-state index contributed by atoms with van der Waals surface area (Å²) in [6, 6.07) is 7.84. The Hall–Kier alpha value is -0.540. The maximum absolute atomic E-state index is 3.78. The highest BCUT2D eigenvalue weighted by Crippen LogP contribution is 2.35. The molecule has 1 aliphatic heterocycles. The molecule has 2 nitrogen and oxygen atoms in total. The summed E-state index contributed by atoms with van der Waals surface area (Å²) in [6.07, 6.45) is 2.65. The number of nitrogens with one attached hydrogen (secondary N) is 1. The first-order valence-corrected chi connectivity index (χ1v) is 8.63. The molecule has 0 amide bonds. The highest BCUT2D eigenvalue weighted by molar-refractivity contribution is 9.10. The summed E-state index contributed by atoms with van der Waals surface area (Å²) < 4.78 is 1.22. The zero-order valence-corrected chi connectivity index (χ0v) is 14.7. The number of anilines is 1. The number of piperidine rings is 1. The molecule has 3 atom stereocenters. The molecule has 0 radical (unpaired) electrons. The average molecular weight is 339 g/mol. The summed E-state index contributed by atoms with van der Waals surface area (Å²) in [6.45, 7) is 11.3. The van der Waals surface area contributed by atoms with E-state index in [2.05, 4.69) is 72.0 Å². The van der Waals surface area contributed by atoms with Crippen molar-refractivity contribution in [2.45, 2.75) is 52.6 Å². The van der Waals surface area contributed by atoms with E-state index < -0.39 is 0 Å². The van der Waals surface area contributed by atoms with Gasteiger partial charge in [-0.3, -0.25) is 0 Å². The third-order valence-electron chi connectivity index (χ3n) is 4.67. The standard InChI is InChI=1S/C17H27BrN2/c1-5-19-13(3)15-8-9-17(16(18)11-15)20-10-6-7-12(2)14(20)4/h8-9,11-14,19H,5-7,10H2,1-4H3. The molecule has 1 aromatic rings. The Kier molecular flexibility index (Phi) is 5.50. The van der Waals surface area contributed by atoms with E-state index >= 15 is 0 Å². The van der Waals surface area contributed by atoms with Crippen LogP contribution < -0.4 is 10.2 Å². The fourth-order valence-electron chi connectivity index (χ4n) is 3.12. The number of hydrogen-bond acceptors (Lipinski definition) is 2. The minimum absolute atomic E-state index is 0.406. The van der Waals surface area contributed by atoms with Gasteiger partial charge in [-0.05, 0) is 72.8 Å². The highest BCUT2D eigenvalue weighted by Gasteiger charge is 2.26. The maximum atomic E-state index is 3.78. The van der Waals surface area contributed by atoms with Gasteiger partial charge in [-0.15, -0.1) is 0 Å². The van der Waals surface area contributed by atoms with Crippen molar-refractivity contribution >= 4 is 21.6 Å². The van der Waals surface area contributed by atoms with E-state index in [1.54, 1.807) is 0 Å². The van der Waals surface area contributed by atoms with Crippen LogP contribution in [0.4, 0.5) is 5.69 Å². The van der Waals surface area contributed by atoms with E-state index in [0.717, 1.165) is 12.5 Å². The van der Waals surface area contributed by atoms with Gasteiger partial charge < -0.3 is 10.2 Å². The van der Waals surface area contributed by atoms with Gasteiger partial charge in [-0.2, -0.15) is 0 Å². The van der Waals surface area contributed by atoms with Crippen molar-refractivity contribution in [3.8, 4) is 0 Å². The zero-order chi connectivity index (χ0) is 14.7. The SMILES string of the molecule is CCNC(C)c1ccc(N2CCCC(C)C2C)c(Br)c1. The molecule has 0 saturated carbocycles. The van der Waals surface area contributed by atoms with Crippen LogP contribution in [0, 0.1) is 5.92 Å². The number of rotatable bonds is 4. The molecule has 3 unspecified atom stereocenters. The highest BCUT2D eigenvalue weighted by atomic mass is 79.9. The minimum atomic E-state index is 0.406. The second-order valence-corrected chi connectivity index (χ2v) is 6.90. The molecule has 0 aliphatic carbocycles. The summed E-state index contributed by atoms with van der Waals surface area (Å²) >= 11 is 3.78. The second-order valence-electron chi connectivity index (χ2n) is 6.04. The monoisotopic (exact) mass is 338 g/mol. The molecule has 0 bridgehead atoms. The van der Waals surface area contributed by atoms with E-state index in [0.29, 0.717) is 12.1 Å². The Labute approximate surface area is 132 Å². The van der Waals surface area contributed by atoms with Crippen LogP contribution >= 0.6 is 15.9 Å². The van der Waals surface area contributed by atoms with Crippen molar-refractivity contribution < 1.29 is 0 Å².